The van der Waals surface area contributed by atoms with E-state index in [2.05, 4.69) is 16.3 Å². The Labute approximate surface area is 233 Å². The van der Waals surface area contributed by atoms with Crippen LogP contribution in [0.4, 0.5) is 4.39 Å². The van der Waals surface area contributed by atoms with Gasteiger partial charge in [0, 0.05) is 16.2 Å². The van der Waals surface area contributed by atoms with E-state index >= 15 is 0 Å². The molecule has 3 aromatic carbocycles. The molecule has 1 aromatic heterocycles. The third-order valence-electron chi connectivity index (χ3n) is 5.66. The summed E-state index contributed by atoms with van der Waals surface area (Å²) in [5.74, 6) is 0.740. The Morgan fingerprint density at radius 2 is 1.92 bits per heavy atom. The van der Waals surface area contributed by atoms with E-state index in [-0.39, 0.29) is 23.2 Å². The molecule has 1 heterocycles. The first-order valence-electron chi connectivity index (χ1n) is 11.8. The van der Waals surface area contributed by atoms with E-state index in [1.54, 1.807) is 66.9 Å². The minimum Gasteiger partial charge on any atom is -0.490 e. The van der Waals surface area contributed by atoms with Gasteiger partial charge in [0.1, 0.15) is 23.5 Å². The number of nitro groups is 1. The number of aromatic nitrogens is 3. The zero-order valence-corrected chi connectivity index (χ0v) is 22.6. The van der Waals surface area contributed by atoms with Crippen LogP contribution in [0.5, 0.6) is 11.5 Å². The van der Waals surface area contributed by atoms with Gasteiger partial charge in [-0.2, -0.15) is 5.26 Å². The number of hydrogen-bond donors (Lipinski definition) is 0. The number of rotatable bonds is 11. The predicted molar refractivity (Wildman–Crippen MR) is 145 cm³/mol. The SMILES string of the molecule is CCOc1cc([C@@H](C[N+](=O)[O-])Sc2nnc(C)n2-c2ccc(F)cc2)cc(Cl)c1OCc1ccccc1C#N. The molecule has 1 atom stereocenters. The zero-order chi connectivity index (χ0) is 27.9. The van der Waals surface area contributed by atoms with Gasteiger partial charge in [-0.3, -0.25) is 14.7 Å². The number of nitriles is 1. The van der Waals surface area contributed by atoms with E-state index in [1.807, 2.05) is 0 Å². The summed E-state index contributed by atoms with van der Waals surface area (Å²) in [6.07, 6.45) is 0. The summed E-state index contributed by atoms with van der Waals surface area (Å²) in [5.41, 5.74) is 2.31. The van der Waals surface area contributed by atoms with Crippen LogP contribution >= 0.6 is 23.4 Å². The lowest BCUT2D eigenvalue weighted by Crippen LogP contribution is -2.12. The van der Waals surface area contributed by atoms with Crippen LogP contribution < -0.4 is 9.47 Å². The van der Waals surface area contributed by atoms with Gasteiger partial charge in [0.15, 0.2) is 16.7 Å². The monoisotopic (exact) mass is 567 g/mol. The molecule has 0 radical (unpaired) electrons. The molecule has 0 saturated carbocycles. The number of hydrogen-bond acceptors (Lipinski definition) is 8. The van der Waals surface area contributed by atoms with Crippen molar-refractivity contribution in [3.8, 4) is 23.3 Å². The largest absolute Gasteiger partial charge is 0.490 e. The molecule has 0 unspecified atom stereocenters. The average molecular weight is 568 g/mol. The number of aryl methyl sites for hydroxylation is 1. The smallest absolute Gasteiger partial charge is 0.220 e. The summed E-state index contributed by atoms with van der Waals surface area (Å²) >= 11 is 7.76. The molecular formula is C27H23ClFN5O4S. The van der Waals surface area contributed by atoms with Gasteiger partial charge >= 0.3 is 0 Å². The summed E-state index contributed by atoms with van der Waals surface area (Å²) in [4.78, 5) is 11.2. The van der Waals surface area contributed by atoms with Crippen molar-refractivity contribution in [3.63, 3.8) is 0 Å². The average Bonchev–Trinajstić information content (AvgIpc) is 3.28. The first-order chi connectivity index (χ1) is 18.8. The summed E-state index contributed by atoms with van der Waals surface area (Å²) in [7, 11) is 0. The number of halogens is 2. The Morgan fingerprint density at radius 3 is 2.62 bits per heavy atom. The third-order valence-corrected chi connectivity index (χ3v) is 7.12. The first-order valence-corrected chi connectivity index (χ1v) is 13.1. The van der Waals surface area contributed by atoms with Crippen LogP contribution in [0.1, 0.15) is 34.7 Å². The summed E-state index contributed by atoms with van der Waals surface area (Å²) in [5, 5.41) is 29.2. The molecule has 39 heavy (non-hydrogen) atoms. The van der Waals surface area contributed by atoms with Crippen molar-refractivity contribution in [1.82, 2.24) is 14.8 Å². The fourth-order valence-electron chi connectivity index (χ4n) is 3.86. The van der Waals surface area contributed by atoms with Crippen molar-refractivity contribution >= 4 is 23.4 Å². The highest BCUT2D eigenvalue weighted by atomic mass is 35.5. The van der Waals surface area contributed by atoms with Crippen molar-refractivity contribution in [2.45, 2.75) is 30.9 Å². The predicted octanol–water partition coefficient (Wildman–Crippen LogP) is 6.33. The molecule has 4 rings (SSSR count). The van der Waals surface area contributed by atoms with Crippen LogP contribution in [0.3, 0.4) is 0 Å². The standard InChI is InChI=1S/C27H23ClFN5O4S/c1-3-37-24-13-20(12-23(28)26(24)38-16-19-7-5-4-6-18(19)14-30)25(15-33(35)36)39-27-32-31-17(2)34(27)22-10-8-21(29)9-11-22/h4-13,25H,3,15-16H2,1-2H3/t25-/m1/s1. The second-order valence-corrected chi connectivity index (χ2v) is 9.86. The van der Waals surface area contributed by atoms with Gasteiger partial charge in [0.25, 0.3) is 0 Å². The molecule has 12 heteroatoms. The molecule has 200 valence electrons. The molecular weight excluding hydrogens is 545 g/mol. The normalized spacial score (nSPS) is 11.6. The van der Waals surface area contributed by atoms with Gasteiger partial charge in [0.05, 0.1) is 23.3 Å². The fraction of sp³-hybridized carbons (Fsp3) is 0.222. The third kappa shape index (κ3) is 6.66. The molecule has 9 nitrogen and oxygen atoms in total. The minimum absolute atomic E-state index is 0.0794. The van der Waals surface area contributed by atoms with E-state index in [0.29, 0.717) is 45.7 Å². The molecule has 0 spiro atoms. The highest BCUT2D eigenvalue weighted by molar-refractivity contribution is 7.99. The van der Waals surface area contributed by atoms with Crippen molar-refractivity contribution in [2.75, 3.05) is 13.2 Å². The molecule has 0 bridgehead atoms. The van der Waals surface area contributed by atoms with Crippen molar-refractivity contribution < 1.29 is 18.8 Å². The molecule has 0 aliphatic heterocycles. The summed E-state index contributed by atoms with van der Waals surface area (Å²) < 4.78 is 27.0. The van der Waals surface area contributed by atoms with Gasteiger partial charge in [-0.15, -0.1) is 10.2 Å². The topological polar surface area (TPSA) is 116 Å². The van der Waals surface area contributed by atoms with E-state index in [0.717, 1.165) is 11.8 Å². The Balaban J connectivity index is 1.68. The van der Waals surface area contributed by atoms with Gasteiger partial charge in [-0.1, -0.05) is 41.6 Å². The van der Waals surface area contributed by atoms with Crippen molar-refractivity contribution in [2.24, 2.45) is 0 Å². The highest BCUT2D eigenvalue weighted by Gasteiger charge is 2.26. The van der Waals surface area contributed by atoms with Gasteiger partial charge in [0.2, 0.25) is 6.54 Å². The second-order valence-electron chi connectivity index (χ2n) is 8.28. The van der Waals surface area contributed by atoms with Crippen LogP contribution in [-0.2, 0) is 6.61 Å². The Bertz CT molecular complexity index is 1520. The summed E-state index contributed by atoms with van der Waals surface area (Å²) in [6.45, 7) is 3.49. The van der Waals surface area contributed by atoms with Crippen LogP contribution in [0, 0.1) is 34.2 Å². The molecule has 4 aromatic rings. The van der Waals surface area contributed by atoms with E-state index < -0.39 is 16.7 Å². The van der Waals surface area contributed by atoms with Crippen molar-refractivity contribution in [1.29, 1.82) is 5.26 Å². The lowest BCUT2D eigenvalue weighted by molar-refractivity contribution is -0.479. The van der Waals surface area contributed by atoms with E-state index in [1.165, 1.54) is 12.1 Å². The number of benzene rings is 3. The maximum Gasteiger partial charge on any atom is 0.220 e. The first kappa shape index (κ1) is 27.9. The van der Waals surface area contributed by atoms with Gasteiger partial charge in [-0.05, 0) is 61.9 Å². The lowest BCUT2D eigenvalue weighted by Gasteiger charge is -2.19. The second kappa shape index (κ2) is 12.6. The van der Waals surface area contributed by atoms with Crippen LogP contribution in [0.15, 0.2) is 65.8 Å². The van der Waals surface area contributed by atoms with Crippen LogP contribution in [0.25, 0.3) is 5.69 Å². The molecule has 0 N–H and O–H groups in total. The Kier molecular flexibility index (Phi) is 9.01. The fourth-order valence-corrected chi connectivity index (χ4v) is 5.29. The maximum absolute atomic E-state index is 13.5. The molecule has 0 aliphatic carbocycles. The van der Waals surface area contributed by atoms with Crippen LogP contribution in [0.2, 0.25) is 5.02 Å². The highest BCUT2D eigenvalue weighted by Crippen LogP contribution is 2.43. The maximum atomic E-state index is 13.5. The van der Waals surface area contributed by atoms with E-state index in [4.69, 9.17) is 21.1 Å². The molecule has 0 aliphatic rings. The van der Waals surface area contributed by atoms with Crippen molar-refractivity contribution in [3.05, 3.63) is 104 Å². The van der Waals surface area contributed by atoms with Gasteiger partial charge < -0.3 is 9.47 Å². The summed E-state index contributed by atoms with van der Waals surface area (Å²) in [6, 6.07) is 18.2. The van der Waals surface area contributed by atoms with E-state index in [9.17, 15) is 19.8 Å². The number of nitrogens with zero attached hydrogens (tertiary/aromatic N) is 5. The number of thioether (sulfide) groups is 1. The van der Waals surface area contributed by atoms with Gasteiger partial charge in [-0.25, -0.2) is 4.39 Å². The Hall–Kier alpha value is -4.14. The zero-order valence-electron chi connectivity index (χ0n) is 21.0. The van der Waals surface area contributed by atoms with Crippen LogP contribution in [-0.4, -0.2) is 32.8 Å². The molecule has 0 amide bonds. The quantitative estimate of drug-likeness (QED) is 0.117. The minimum atomic E-state index is -0.715. The Morgan fingerprint density at radius 1 is 1.18 bits per heavy atom. The molecule has 0 fully saturated rings. The lowest BCUT2D eigenvalue weighted by atomic mass is 10.1. The molecule has 0 saturated heterocycles. The number of ether oxygens (including phenoxy) is 2.